The summed E-state index contributed by atoms with van der Waals surface area (Å²) in [6.45, 7) is 2.55. The van der Waals surface area contributed by atoms with Crippen molar-refractivity contribution in [2.24, 2.45) is 0 Å². The minimum atomic E-state index is -0.684. The van der Waals surface area contributed by atoms with E-state index in [2.05, 4.69) is 4.98 Å². The van der Waals surface area contributed by atoms with E-state index < -0.39 is 6.10 Å². The first-order valence-electron chi connectivity index (χ1n) is 7.03. The summed E-state index contributed by atoms with van der Waals surface area (Å²) >= 11 is 0. The van der Waals surface area contributed by atoms with Crippen LogP contribution in [0.25, 0.3) is 10.9 Å². The summed E-state index contributed by atoms with van der Waals surface area (Å²) in [6, 6.07) is 17.3. The third-order valence-corrected chi connectivity index (χ3v) is 3.43. The summed E-state index contributed by atoms with van der Waals surface area (Å²) in [7, 11) is 0. The zero-order valence-electron chi connectivity index (χ0n) is 11.9. The van der Waals surface area contributed by atoms with Gasteiger partial charge in [-0.3, -0.25) is 4.98 Å². The topological polar surface area (TPSA) is 42.4 Å². The molecule has 0 aliphatic rings. The second kappa shape index (κ2) is 5.94. The molecule has 0 aliphatic heterocycles. The van der Waals surface area contributed by atoms with Crippen LogP contribution in [0.5, 0.6) is 5.75 Å². The molecule has 0 fully saturated rings. The summed E-state index contributed by atoms with van der Waals surface area (Å²) in [5.41, 5.74) is 2.53. The van der Waals surface area contributed by atoms with Crippen LogP contribution in [0.1, 0.15) is 24.2 Å². The molecule has 3 rings (SSSR count). The molecular weight excluding hydrogens is 262 g/mol. The minimum absolute atomic E-state index is 0.611. The maximum atomic E-state index is 10.6. The molecule has 106 valence electrons. The van der Waals surface area contributed by atoms with Crippen LogP contribution >= 0.6 is 0 Å². The Hall–Kier alpha value is -2.39. The van der Waals surface area contributed by atoms with Gasteiger partial charge in [0.05, 0.1) is 12.1 Å². The molecule has 3 nitrogen and oxygen atoms in total. The molecule has 21 heavy (non-hydrogen) atoms. The fourth-order valence-corrected chi connectivity index (χ4v) is 2.39. The fourth-order valence-electron chi connectivity index (χ4n) is 2.39. The lowest BCUT2D eigenvalue weighted by atomic mass is 10.00. The number of pyridine rings is 1. The van der Waals surface area contributed by atoms with Gasteiger partial charge in [0, 0.05) is 11.6 Å². The first-order chi connectivity index (χ1) is 10.3. The van der Waals surface area contributed by atoms with Gasteiger partial charge < -0.3 is 9.84 Å². The van der Waals surface area contributed by atoms with Crippen molar-refractivity contribution in [2.45, 2.75) is 13.0 Å². The first kappa shape index (κ1) is 13.6. The third kappa shape index (κ3) is 2.88. The molecule has 1 atom stereocenters. The molecule has 3 heteroatoms. The Morgan fingerprint density at radius 1 is 1.05 bits per heavy atom. The van der Waals surface area contributed by atoms with E-state index in [0.717, 1.165) is 27.8 Å². The largest absolute Gasteiger partial charge is 0.494 e. The lowest BCUT2D eigenvalue weighted by molar-refractivity contribution is 0.219. The van der Waals surface area contributed by atoms with Crippen molar-refractivity contribution in [3.05, 3.63) is 71.9 Å². The van der Waals surface area contributed by atoms with E-state index in [1.54, 1.807) is 6.20 Å². The van der Waals surface area contributed by atoms with Gasteiger partial charge in [-0.2, -0.15) is 0 Å². The van der Waals surface area contributed by atoms with Crippen LogP contribution in [-0.4, -0.2) is 16.7 Å². The van der Waals surface area contributed by atoms with Crippen molar-refractivity contribution < 1.29 is 9.84 Å². The van der Waals surface area contributed by atoms with Crippen LogP contribution < -0.4 is 4.74 Å². The van der Waals surface area contributed by atoms with Crippen LogP contribution in [0.15, 0.2) is 60.8 Å². The average molecular weight is 279 g/mol. The molecule has 3 aromatic rings. The molecule has 0 spiro atoms. The van der Waals surface area contributed by atoms with Gasteiger partial charge in [-0.05, 0) is 42.3 Å². The quantitative estimate of drug-likeness (QED) is 0.791. The Balaban J connectivity index is 1.95. The molecule has 2 aromatic carbocycles. The summed E-state index contributed by atoms with van der Waals surface area (Å²) in [5, 5.41) is 11.6. The third-order valence-electron chi connectivity index (χ3n) is 3.43. The highest BCUT2D eigenvalue weighted by atomic mass is 16.5. The van der Waals surface area contributed by atoms with Gasteiger partial charge in [0.15, 0.2) is 0 Å². The Kier molecular flexibility index (Phi) is 3.84. The van der Waals surface area contributed by atoms with E-state index in [9.17, 15) is 5.11 Å². The Morgan fingerprint density at radius 3 is 2.76 bits per heavy atom. The maximum Gasteiger partial charge on any atom is 0.119 e. The highest BCUT2D eigenvalue weighted by molar-refractivity contribution is 5.79. The number of benzene rings is 2. The zero-order chi connectivity index (χ0) is 14.7. The number of hydrogen-bond donors (Lipinski definition) is 1. The van der Waals surface area contributed by atoms with Gasteiger partial charge in [0.1, 0.15) is 11.9 Å². The first-order valence-corrected chi connectivity index (χ1v) is 7.03. The number of ether oxygens (including phenoxy) is 1. The number of rotatable bonds is 4. The van der Waals surface area contributed by atoms with Gasteiger partial charge in [-0.25, -0.2) is 0 Å². The zero-order valence-corrected chi connectivity index (χ0v) is 11.9. The van der Waals surface area contributed by atoms with Crippen molar-refractivity contribution in [2.75, 3.05) is 6.61 Å². The Bertz CT molecular complexity index is 755. The van der Waals surface area contributed by atoms with Crippen molar-refractivity contribution in [1.82, 2.24) is 4.98 Å². The van der Waals surface area contributed by atoms with Crippen LogP contribution in [0, 0.1) is 0 Å². The van der Waals surface area contributed by atoms with Crippen LogP contribution in [0.4, 0.5) is 0 Å². The van der Waals surface area contributed by atoms with E-state index in [0.29, 0.717) is 6.61 Å². The van der Waals surface area contributed by atoms with E-state index in [4.69, 9.17) is 4.74 Å². The smallest absolute Gasteiger partial charge is 0.119 e. The lowest BCUT2D eigenvalue weighted by Crippen LogP contribution is -2.01. The van der Waals surface area contributed by atoms with Crippen molar-refractivity contribution in [3.63, 3.8) is 0 Å². The summed E-state index contributed by atoms with van der Waals surface area (Å²) < 4.78 is 5.48. The van der Waals surface area contributed by atoms with Crippen molar-refractivity contribution >= 4 is 10.9 Å². The average Bonchev–Trinajstić information content (AvgIpc) is 2.54. The van der Waals surface area contributed by atoms with Gasteiger partial charge in [0.25, 0.3) is 0 Å². The Morgan fingerprint density at radius 2 is 1.90 bits per heavy atom. The van der Waals surface area contributed by atoms with E-state index in [1.165, 1.54) is 0 Å². The standard InChI is InChI=1S/C18H17NO2/c1-2-21-16-7-3-5-14(11-16)18(20)15-9-8-13-6-4-10-19-17(13)12-15/h3-12,18,20H,2H2,1H3. The van der Waals surface area contributed by atoms with Crippen LogP contribution in [0.2, 0.25) is 0 Å². The van der Waals surface area contributed by atoms with E-state index >= 15 is 0 Å². The monoisotopic (exact) mass is 279 g/mol. The molecule has 0 bridgehead atoms. The second-order valence-corrected chi connectivity index (χ2v) is 4.86. The number of aromatic nitrogens is 1. The maximum absolute atomic E-state index is 10.6. The number of nitrogens with zero attached hydrogens (tertiary/aromatic N) is 1. The number of aliphatic hydroxyl groups excluding tert-OH is 1. The predicted molar refractivity (Wildman–Crippen MR) is 83.4 cm³/mol. The van der Waals surface area contributed by atoms with Gasteiger partial charge in [-0.1, -0.05) is 30.3 Å². The lowest BCUT2D eigenvalue weighted by Gasteiger charge is -2.13. The molecule has 1 unspecified atom stereocenters. The van der Waals surface area contributed by atoms with Gasteiger partial charge in [0.2, 0.25) is 0 Å². The highest BCUT2D eigenvalue weighted by Crippen LogP contribution is 2.27. The van der Waals surface area contributed by atoms with Crippen LogP contribution in [0.3, 0.4) is 0 Å². The van der Waals surface area contributed by atoms with E-state index in [1.807, 2.05) is 61.5 Å². The molecule has 1 aromatic heterocycles. The Labute approximate surface area is 123 Å². The number of hydrogen-bond acceptors (Lipinski definition) is 3. The molecule has 1 N–H and O–H groups in total. The molecule has 0 radical (unpaired) electrons. The summed E-state index contributed by atoms with van der Waals surface area (Å²) in [6.07, 6.45) is 1.07. The molecule has 0 saturated carbocycles. The predicted octanol–water partition coefficient (Wildman–Crippen LogP) is 3.72. The molecule has 0 amide bonds. The SMILES string of the molecule is CCOc1cccc(C(O)c2ccc3cccnc3c2)c1. The minimum Gasteiger partial charge on any atom is -0.494 e. The summed E-state index contributed by atoms with van der Waals surface area (Å²) in [5.74, 6) is 0.771. The van der Waals surface area contributed by atoms with Gasteiger partial charge >= 0.3 is 0 Å². The van der Waals surface area contributed by atoms with Crippen molar-refractivity contribution in [1.29, 1.82) is 0 Å². The second-order valence-electron chi connectivity index (χ2n) is 4.86. The normalized spacial score (nSPS) is 12.3. The molecule has 1 heterocycles. The number of aliphatic hydroxyl groups is 1. The van der Waals surface area contributed by atoms with Crippen LogP contribution in [-0.2, 0) is 0 Å². The van der Waals surface area contributed by atoms with Crippen molar-refractivity contribution in [3.8, 4) is 5.75 Å². The summed E-state index contributed by atoms with van der Waals surface area (Å²) in [4.78, 5) is 4.33. The molecule has 0 saturated heterocycles. The van der Waals surface area contributed by atoms with Gasteiger partial charge in [-0.15, -0.1) is 0 Å². The molecule has 0 aliphatic carbocycles. The van der Waals surface area contributed by atoms with E-state index in [-0.39, 0.29) is 0 Å². The molecular formula is C18H17NO2. The number of fused-ring (bicyclic) bond motifs is 1. The fraction of sp³-hybridized carbons (Fsp3) is 0.167. The highest BCUT2D eigenvalue weighted by Gasteiger charge is 2.12.